The molecule has 30 heavy (non-hydrogen) atoms. The van der Waals surface area contributed by atoms with Crippen LogP contribution in [0.3, 0.4) is 0 Å². The minimum atomic E-state index is -4.06. The highest BCUT2D eigenvalue weighted by Crippen LogP contribution is 2.25. The Kier molecular flexibility index (Phi) is 6.69. The molecule has 0 spiro atoms. The predicted molar refractivity (Wildman–Crippen MR) is 120 cm³/mol. The Morgan fingerprint density at radius 1 is 1.07 bits per heavy atom. The number of para-hydroxylation sites is 1. The van der Waals surface area contributed by atoms with Crippen LogP contribution in [0.1, 0.15) is 10.4 Å². The van der Waals surface area contributed by atoms with E-state index in [0.29, 0.717) is 11.4 Å². The van der Waals surface area contributed by atoms with Crippen molar-refractivity contribution in [1.82, 2.24) is 0 Å². The number of benzene rings is 3. The van der Waals surface area contributed by atoms with E-state index in [-0.39, 0.29) is 17.0 Å². The van der Waals surface area contributed by atoms with Crippen molar-refractivity contribution >= 4 is 43.2 Å². The molecule has 0 atom stereocenters. The van der Waals surface area contributed by atoms with Crippen LogP contribution in [-0.4, -0.2) is 20.9 Å². The highest BCUT2D eigenvalue weighted by atomic mass is 79.9. The minimum absolute atomic E-state index is 0.0180. The first-order valence-corrected chi connectivity index (χ1v) is 11.1. The molecular formula is C22H18BrFN2O3S. The molecule has 0 aliphatic rings. The van der Waals surface area contributed by atoms with Gasteiger partial charge in [-0.25, -0.2) is 12.8 Å². The lowest BCUT2D eigenvalue weighted by Gasteiger charge is -2.23. The van der Waals surface area contributed by atoms with E-state index in [4.69, 9.17) is 0 Å². The van der Waals surface area contributed by atoms with Crippen molar-refractivity contribution in [2.24, 2.45) is 0 Å². The lowest BCUT2D eigenvalue weighted by molar-refractivity contribution is 0.102. The Balaban J connectivity index is 1.97. The summed E-state index contributed by atoms with van der Waals surface area (Å²) in [6.07, 6.45) is 1.45. The zero-order chi connectivity index (χ0) is 21.7. The van der Waals surface area contributed by atoms with Crippen LogP contribution >= 0.6 is 15.9 Å². The van der Waals surface area contributed by atoms with Crippen molar-refractivity contribution in [2.45, 2.75) is 4.90 Å². The van der Waals surface area contributed by atoms with Crippen molar-refractivity contribution in [3.8, 4) is 0 Å². The molecule has 3 aromatic rings. The number of nitrogens with one attached hydrogen (secondary N) is 1. The summed E-state index contributed by atoms with van der Waals surface area (Å²) in [7, 11) is -4.06. The van der Waals surface area contributed by atoms with Gasteiger partial charge in [0.15, 0.2) is 0 Å². The number of nitrogens with zero attached hydrogens (tertiary/aromatic N) is 1. The fourth-order valence-electron chi connectivity index (χ4n) is 2.75. The average Bonchev–Trinajstić information content (AvgIpc) is 2.74. The number of anilines is 2. The summed E-state index contributed by atoms with van der Waals surface area (Å²) in [5, 5.41) is 2.57. The molecule has 0 heterocycles. The molecule has 0 saturated heterocycles. The molecular weight excluding hydrogens is 471 g/mol. The van der Waals surface area contributed by atoms with Gasteiger partial charge < -0.3 is 5.32 Å². The molecule has 0 unspecified atom stereocenters. The first-order valence-electron chi connectivity index (χ1n) is 8.88. The van der Waals surface area contributed by atoms with Crippen molar-refractivity contribution in [3.63, 3.8) is 0 Å². The maximum atomic E-state index is 14.4. The lowest BCUT2D eigenvalue weighted by Crippen LogP contribution is -2.31. The van der Waals surface area contributed by atoms with Crippen molar-refractivity contribution in [3.05, 3.63) is 101 Å². The number of hydrogen-bond acceptors (Lipinski definition) is 3. The second-order valence-electron chi connectivity index (χ2n) is 6.26. The van der Waals surface area contributed by atoms with Crippen LogP contribution in [0, 0.1) is 5.82 Å². The fraction of sp³-hybridized carbons (Fsp3) is 0.0455. The Morgan fingerprint density at radius 3 is 2.37 bits per heavy atom. The zero-order valence-corrected chi connectivity index (χ0v) is 18.2. The van der Waals surface area contributed by atoms with Gasteiger partial charge in [0.25, 0.3) is 15.9 Å². The van der Waals surface area contributed by atoms with E-state index >= 15 is 0 Å². The molecule has 3 rings (SSSR count). The smallest absolute Gasteiger partial charge is 0.264 e. The fourth-order valence-corrected chi connectivity index (χ4v) is 4.48. The molecule has 3 aromatic carbocycles. The third-order valence-corrected chi connectivity index (χ3v) is 6.53. The maximum absolute atomic E-state index is 14.4. The Labute approximate surface area is 183 Å². The maximum Gasteiger partial charge on any atom is 0.264 e. The molecule has 5 nitrogen and oxygen atoms in total. The van der Waals surface area contributed by atoms with Gasteiger partial charge >= 0.3 is 0 Å². The SMILES string of the molecule is C=CCN(c1ccccc1)S(=O)(=O)c1ccc(F)c(C(=O)Nc2ccc(Br)cc2)c1. The van der Waals surface area contributed by atoms with Gasteiger partial charge in [-0.05, 0) is 54.6 Å². The number of rotatable bonds is 7. The number of sulfonamides is 1. The topological polar surface area (TPSA) is 66.5 Å². The molecule has 0 saturated carbocycles. The van der Waals surface area contributed by atoms with Crippen molar-refractivity contribution in [2.75, 3.05) is 16.2 Å². The third-order valence-electron chi connectivity index (χ3n) is 4.21. The average molecular weight is 489 g/mol. The van der Waals surface area contributed by atoms with E-state index in [1.165, 1.54) is 6.08 Å². The quantitative estimate of drug-likeness (QED) is 0.463. The first kappa shape index (κ1) is 21.7. The van der Waals surface area contributed by atoms with Crippen LogP contribution in [0.2, 0.25) is 0 Å². The second-order valence-corrected chi connectivity index (χ2v) is 9.04. The zero-order valence-electron chi connectivity index (χ0n) is 15.8. The van der Waals surface area contributed by atoms with Crippen LogP contribution in [0.4, 0.5) is 15.8 Å². The predicted octanol–water partition coefficient (Wildman–Crippen LogP) is 5.22. The van der Waals surface area contributed by atoms with Crippen molar-refractivity contribution < 1.29 is 17.6 Å². The van der Waals surface area contributed by atoms with E-state index in [2.05, 4.69) is 27.8 Å². The van der Waals surface area contributed by atoms with Gasteiger partial charge in [-0.15, -0.1) is 6.58 Å². The number of halogens is 2. The van der Waals surface area contributed by atoms with Crippen LogP contribution in [0.25, 0.3) is 0 Å². The number of amides is 1. The van der Waals surface area contributed by atoms with E-state index in [1.54, 1.807) is 54.6 Å². The molecule has 1 N–H and O–H groups in total. The van der Waals surface area contributed by atoms with Gasteiger partial charge in [0.2, 0.25) is 0 Å². The van der Waals surface area contributed by atoms with Crippen molar-refractivity contribution in [1.29, 1.82) is 0 Å². The summed E-state index contributed by atoms with van der Waals surface area (Å²) in [5.41, 5.74) is 0.515. The highest BCUT2D eigenvalue weighted by molar-refractivity contribution is 9.10. The molecule has 0 aliphatic carbocycles. The highest BCUT2D eigenvalue weighted by Gasteiger charge is 2.26. The van der Waals surface area contributed by atoms with Gasteiger partial charge in [-0.3, -0.25) is 9.10 Å². The Bertz CT molecular complexity index is 1170. The molecule has 0 bridgehead atoms. The summed E-state index contributed by atoms with van der Waals surface area (Å²) in [6, 6.07) is 18.4. The normalized spacial score (nSPS) is 11.0. The van der Waals surface area contributed by atoms with Gasteiger partial charge in [-0.2, -0.15) is 0 Å². The van der Waals surface area contributed by atoms with Gasteiger partial charge in [-0.1, -0.05) is 40.2 Å². The monoisotopic (exact) mass is 488 g/mol. The summed E-state index contributed by atoms with van der Waals surface area (Å²) in [4.78, 5) is 12.4. The van der Waals surface area contributed by atoms with Crippen LogP contribution in [0.15, 0.2) is 94.8 Å². The van der Waals surface area contributed by atoms with E-state index < -0.39 is 21.7 Å². The minimum Gasteiger partial charge on any atom is -0.322 e. The summed E-state index contributed by atoms with van der Waals surface area (Å²) in [6.45, 7) is 3.63. The van der Waals surface area contributed by atoms with Crippen LogP contribution < -0.4 is 9.62 Å². The van der Waals surface area contributed by atoms with Gasteiger partial charge in [0.1, 0.15) is 5.82 Å². The molecule has 8 heteroatoms. The summed E-state index contributed by atoms with van der Waals surface area (Å²) >= 11 is 3.29. The number of carbonyl (C=O) groups excluding carboxylic acids is 1. The first-order chi connectivity index (χ1) is 14.3. The Morgan fingerprint density at radius 2 is 1.73 bits per heavy atom. The van der Waals surface area contributed by atoms with Crippen LogP contribution in [-0.2, 0) is 10.0 Å². The standard InChI is InChI=1S/C22H18BrFN2O3S/c1-2-14-26(18-6-4-3-5-7-18)30(28,29)19-12-13-21(24)20(15-19)22(27)25-17-10-8-16(23)9-11-17/h2-13,15H,1,14H2,(H,25,27). The lowest BCUT2D eigenvalue weighted by atomic mass is 10.2. The molecule has 0 fully saturated rings. The van der Waals surface area contributed by atoms with Crippen LogP contribution in [0.5, 0.6) is 0 Å². The summed E-state index contributed by atoms with van der Waals surface area (Å²) < 4.78 is 42.8. The largest absolute Gasteiger partial charge is 0.322 e. The molecule has 154 valence electrons. The van der Waals surface area contributed by atoms with Gasteiger partial charge in [0, 0.05) is 10.2 Å². The molecule has 0 radical (unpaired) electrons. The van der Waals surface area contributed by atoms with E-state index in [9.17, 15) is 17.6 Å². The summed E-state index contributed by atoms with van der Waals surface area (Å²) in [5.74, 6) is -1.57. The molecule has 0 aromatic heterocycles. The number of carbonyl (C=O) groups is 1. The third kappa shape index (κ3) is 4.77. The van der Waals surface area contributed by atoms with Gasteiger partial charge in [0.05, 0.1) is 22.7 Å². The Hall–Kier alpha value is -2.97. The second kappa shape index (κ2) is 9.23. The number of hydrogen-bond donors (Lipinski definition) is 1. The van der Waals surface area contributed by atoms with E-state index in [1.807, 2.05) is 0 Å². The molecule has 1 amide bonds. The molecule has 0 aliphatic heterocycles. The van der Waals surface area contributed by atoms with E-state index in [0.717, 1.165) is 27.0 Å².